The Hall–Kier alpha value is -2.61. The summed E-state index contributed by atoms with van der Waals surface area (Å²) in [6.45, 7) is 13.1. The van der Waals surface area contributed by atoms with Gasteiger partial charge in [0, 0.05) is 11.8 Å². The molecular weight excluding hydrogens is 366 g/mol. The third-order valence-electron chi connectivity index (χ3n) is 5.76. The van der Waals surface area contributed by atoms with Crippen LogP contribution >= 0.6 is 0 Å². The van der Waals surface area contributed by atoms with Crippen molar-refractivity contribution in [2.45, 2.75) is 67.2 Å². The molecule has 1 aromatic rings. The number of rotatable bonds is 7. The number of hydrogen-bond acceptors (Lipinski definition) is 1. The van der Waals surface area contributed by atoms with Crippen LogP contribution in [0.2, 0.25) is 0 Å². The number of benzene rings is 1. The summed E-state index contributed by atoms with van der Waals surface area (Å²) in [5, 5.41) is 2.91. The second kappa shape index (κ2) is 11.0. The predicted octanol–water partition coefficient (Wildman–Crippen LogP) is 7.72. The number of aryl methyl sites for hydroxylation is 1. The van der Waals surface area contributed by atoms with E-state index in [4.69, 9.17) is 0 Å². The predicted molar refractivity (Wildman–Crippen MR) is 131 cm³/mol. The Morgan fingerprint density at radius 1 is 1.10 bits per heavy atom. The van der Waals surface area contributed by atoms with E-state index in [1.807, 2.05) is 43.3 Å². The van der Waals surface area contributed by atoms with Gasteiger partial charge in [0.25, 0.3) is 0 Å². The summed E-state index contributed by atoms with van der Waals surface area (Å²) in [6, 6.07) is 7.97. The molecular formula is C28H37NO. The van der Waals surface area contributed by atoms with Crippen LogP contribution in [0.4, 0.5) is 5.69 Å². The summed E-state index contributed by atoms with van der Waals surface area (Å²) >= 11 is 0. The fraction of sp³-hybridized carbons (Fsp3) is 0.393. The van der Waals surface area contributed by atoms with Crippen molar-refractivity contribution < 1.29 is 4.79 Å². The van der Waals surface area contributed by atoms with Crippen molar-refractivity contribution in [3.05, 3.63) is 88.6 Å². The normalized spacial score (nSPS) is 17.8. The molecule has 0 aromatic heterocycles. The molecule has 0 aliphatic heterocycles. The molecule has 1 N–H and O–H groups in total. The molecule has 0 atom stereocenters. The highest BCUT2D eigenvalue weighted by Gasteiger charge is 2.26. The molecule has 2 nitrogen and oxygen atoms in total. The molecule has 0 spiro atoms. The SMILES string of the molecule is CCc1ccc(NC(=O)/C=C(C)/C=C/C=C(C)/C=C/C2=C(C)CCCC2(C)C)cc1. The lowest BCUT2D eigenvalue weighted by atomic mass is 9.72. The minimum Gasteiger partial charge on any atom is -0.323 e. The topological polar surface area (TPSA) is 29.1 Å². The van der Waals surface area contributed by atoms with Gasteiger partial charge in [0.15, 0.2) is 0 Å². The Morgan fingerprint density at radius 3 is 2.43 bits per heavy atom. The molecule has 30 heavy (non-hydrogen) atoms. The van der Waals surface area contributed by atoms with Crippen LogP contribution in [0.3, 0.4) is 0 Å². The third-order valence-corrected chi connectivity index (χ3v) is 5.76. The van der Waals surface area contributed by atoms with Crippen LogP contribution in [-0.2, 0) is 11.2 Å². The smallest absolute Gasteiger partial charge is 0.248 e. The zero-order chi connectivity index (χ0) is 22.1. The molecule has 0 unspecified atom stereocenters. The Balaban J connectivity index is 1.95. The van der Waals surface area contributed by atoms with E-state index >= 15 is 0 Å². The molecule has 2 rings (SSSR count). The third kappa shape index (κ3) is 7.33. The standard InChI is InChI=1S/C28H37NO/c1-7-24-14-16-25(17-15-24)29-27(30)20-22(3)11-8-10-21(2)13-18-26-23(4)12-9-19-28(26,5)6/h8,10-11,13-18,20H,7,9,12,19H2,1-6H3,(H,29,30)/b11-8+,18-13+,21-10+,22-20+. The van der Waals surface area contributed by atoms with E-state index in [2.05, 4.69) is 58.2 Å². The molecule has 2 heteroatoms. The average Bonchev–Trinajstić information content (AvgIpc) is 2.67. The first kappa shape index (κ1) is 23.7. The van der Waals surface area contributed by atoms with Crippen molar-refractivity contribution in [1.29, 1.82) is 0 Å². The summed E-state index contributed by atoms with van der Waals surface area (Å²) in [4.78, 5) is 12.2. The number of carbonyl (C=O) groups excluding carboxylic acids is 1. The first-order valence-electron chi connectivity index (χ1n) is 11.0. The number of carbonyl (C=O) groups is 1. The summed E-state index contributed by atoms with van der Waals surface area (Å²) in [6.07, 6.45) is 16.9. The molecule has 160 valence electrons. The fourth-order valence-electron chi connectivity index (χ4n) is 3.89. The van der Waals surface area contributed by atoms with E-state index in [9.17, 15) is 4.79 Å². The van der Waals surface area contributed by atoms with Crippen molar-refractivity contribution in [2.24, 2.45) is 5.41 Å². The van der Waals surface area contributed by atoms with Crippen molar-refractivity contribution in [1.82, 2.24) is 0 Å². The van der Waals surface area contributed by atoms with Gasteiger partial charge in [-0.25, -0.2) is 0 Å². The summed E-state index contributed by atoms with van der Waals surface area (Å²) < 4.78 is 0. The molecule has 0 saturated carbocycles. The van der Waals surface area contributed by atoms with Crippen LogP contribution in [-0.4, -0.2) is 5.91 Å². The van der Waals surface area contributed by atoms with E-state index in [0.717, 1.165) is 17.7 Å². The lowest BCUT2D eigenvalue weighted by Gasteiger charge is -2.32. The van der Waals surface area contributed by atoms with Crippen molar-refractivity contribution >= 4 is 11.6 Å². The highest BCUT2D eigenvalue weighted by Crippen LogP contribution is 2.40. The van der Waals surface area contributed by atoms with Gasteiger partial charge in [-0.05, 0) is 80.7 Å². The van der Waals surface area contributed by atoms with Gasteiger partial charge in [-0.3, -0.25) is 4.79 Å². The van der Waals surface area contributed by atoms with Crippen LogP contribution in [0.25, 0.3) is 0 Å². The van der Waals surface area contributed by atoms with Gasteiger partial charge in [-0.2, -0.15) is 0 Å². The van der Waals surface area contributed by atoms with Crippen LogP contribution in [0.15, 0.2) is 83.0 Å². The van der Waals surface area contributed by atoms with E-state index in [1.54, 1.807) is 6.08 Å². The van der Waals surface area contributed by atoms with Gasteiger partial charge in [0.2, 0.25) is 5.91 Å². The van der Waals surface area contributed by atoms with Gasteiger partial charge in [0.05, 0.1) is 0 Å². The fourth-order valence-corrected chi connectivity index (χ4v) is 3.89. The minimum absolute atomic E-state index is 0.107. The van der Waals surface area contributed by atoms with Crippen molar-refractivity contribution in [3.8, 4) is 0 Å². The van der Waals surface area contributed by atoms with E-state index in [0.29, 0.717) is 0 Å². The largest absolute Gasteiger partial charge is 0.323 e. The molecule has 0 radical (unpaired) electrons. The Labute approximate surface area is 183 Å². The molecule has 1 aliphatic carbocycles. The Morgan fingerprint density at radius 2 is 1.80 bits per heavy atom. The van der Waals surface area contributed by atoms with Gasteiger partial charge in [-0.1, -0.05) is 74.4 Å². The highest BCUT2D eigenvalue weighted by atomic mass is 16.1. The van der Waals surface area contributed by atoms with Gasteiger partial charge < -0.3 is 5.32 Å². The van der Waals surface area contributed by atoms with Crippen molar-refractivity contribution in [2.75, 3.05) is 5.32 Å². The van der Waals surface area contributed by atoms with Gasteiger partial charge >= 0.3 is 0 Å². The second-order valence-electron chi connectivity index (χ2n) is 8.96. The molecule has 0 bridgehead atoms. The summed E-state index contributed by atoms with van der Waals surface area (Å²) in [5.41, 5.74) is 7.45. The Bertz CT molecular complexity index is 889. The first-order valence-corrected chi connectivity index (χ1v) is 11.0. The van der Waals surface area contributed by atoms with Crippen molar-refractivity contribution in [3.63, 3.8) is 0 Å². The average molecular weight is 404 g/mol. The number of hydrogen-bond donors (Lipinski definition) is 1. The Kier molecular flexibility index (Phi) is 8.65. The second-order valence-corrected chi connectivity index (χ2v) is 8.96. The first-order chi connectivity index (χ1) is 14.2. The van der Waals surface area contributed by atoms with Crippen LogP contribution in [0.1, 0.15) is 66.4 Å². The molecule has 0 fully saturated rings. The van der Waals surface area contributed by atoms with Crippen LogP contribution in [0, 0.1) is 5.41 Å². The maximum atomic E-state index is 12.2. The van der Waals surface area contributed by atoms with Crippen LogP contribution in [0.5, 0.6) is 0 Å². The molecule has 0 saturated heterocycles. The number of allylic oxidation sites excluding steroid dienone is 9. The maximum Gasteiger partial charge on any atom is 0.248 e. The number of anilines is 1. The molecule has 1 aromatic carbocycles. The minimum atomic E-state index is -0.107. The maximum absolute atomic E-state index is 12.2. The zero-order valence-corrected chi connectivity index (χ0v) is 19.5. The van der Waals surface area contributed by atoms with Gasteiger partial charge in [-0.15, -0.1) is 0 Å². The van der Waals surface area contributed by atoms with Crippen LogP contribution < -0.4 is 5.32 Å². The zero-order valence-electron chi connectivity index (χ0n) is 19.5. The molecule has 1 aliphatic rings. The number of amides is 1. The van der Waals surface area contributed by atoms with Gasteiger partial charge in [0.1, 0.15) is 0 Å². The van der Waals surface area contributed by atoms with E-state index in [1.165, 1.54) is 41.5 Å². The highest BCUT2D eigenvalue weighted by molar-refractivity contribution is 5.99. The lowest BCUT2D eigenvalue weighted by Crippen LogP contribution is -2.19. The lowest BCUT2D eigenvalue weighted by molar-refractivity contribution is -0.111. The summed E-state index contributed by atoms with van der Waals surface area (Å²) in [7, 11) is 0. The van der Waals surface area contributed by atoms with E-state index in [-0.39, 0.29) is 11.3 Å². The summed E-state index contributed by atoms with van der Waals surface area (Å²) in [5.74, 6) is -0.107. The van der Waals surface area contributed by atoms with E-state index < -0.39 is 0 Å². The monoisotopic (exact) mass is 403 g/mol. The molecule has 1 amide bonds. The molecule has 0 heterocycles. The quantitative estimate of drug-likeness (QED) is 0.366. The number of nitrogens with one attached hydrogen (secondary N) is 1.